The highest BCUT2D eigenvalue weighted by molar-refractivity contribution is 5.87. The molecule has 2 heterocycles. The Balaban J connectivity index is 1.72. The number of ether oxygens (including phenoxy) is 2. The van der Waals surface area contributed by atoms with E-state index in [0.717, 1.165) is 12.1 Å². The Morgan fingerprint density at radius 1 is 1.37 bits per heavy atom. The molecule has 146 valence electrons. The van der Waals surface area contributed by atoms with Gasteiger partial charge < -0.3 is 14.4 Å². The third-order valence-corrected chi connectivity index (χ3v) is 4.63. The van der Waals surface area contributed by atoms with Crippen molar-refractivity contribution in [3.05, 3.63) is 48.0 Å². The Kier molecular flexibility index (Phi) is 5.41. The molecule has 27 heavy (non-hydrogen) atoms. The fraction of sp³-hybridized carbons (Fsp3) is 0.444. The van der Waals surface area contributed by atoms with E-state index >= 15 is 0 Å². The molecular weight excluding hydrogens is 365 g/mol. The van der Waals surface area contributed by atoms with Gasteiger partial charge in [0, 0.05) is 13.1 Å². The van der Waals surface area contributed by atoms with Crippen LogP contribution in [0.1, 0.15) is 11.1 Å². The van der Waals surface area contributed by atoms with Gasteiger partial charge in [0.2, 0.25) is 5.91 Å². The predicted molar refractivity (Wildman–Crippen MR) is 88.6 cm³/mol. The van der Waals surface area contributed by atoms with Gasteiger partial charge in [-0.3, -0.25) is 9.69 Å². The summed E-state index contributed by atoms with van der Waals surface area (Å²) in [5.74, 6) is -0.294. The summed E-state index contributed by atoms with van der Waals surface area (Å²) in [6.07, 6.45) is -4.28. The first kappa shape index (κ1) is 19.2. The molecule has 1 aromatic carbocycles. The molecular formula is C18H19F3N2O4. The minimum absolute atomic E-state index is 0.0654. The monoisotopic (exact) mass is 384 g/mol. The molecule has 2 amide bonds. The number of rotatable bonds is 5. The summed E-state index contributed by atoms with van der Waals surface area (Å²) in [5.41, 5.74) is -0.390. The topological polar surface area (TPSA) is 59.1 Å². The summed E-state index contributed by atoms with van der Waals surface area (Å²) in [4.78, 5) is 26.8. The van der Waals surface area contributed by atoms with E-state index in [4.69, 9.17) is 9.47 Å². The number of hydrogen-bond donors (Lipinski definition) is 0. The molecule has 0 bridgehead atoms. The molecule has 1 aromatic rings. The molecule has 0 radical (unpaired) electrons. The number of benzene rings is 1. The van der Waals surface area contributed by atoms with Crippen molar-refractivity contribution in [2.24, 2.45) is 0 Å². The second kappa shape index (κ2) is 7.59. The second-order valence-electron chi connectivity index (χ2n) is 6.37. The Bertz CT molecular complexity index is 738. The minimum atomic E-state index is -4.43. The molecule has 0 spiro atoms. The molecule has 2 aliphatic rings. The lowest BCUT2D eigenvalue weighted by atomic mass is 10.1. The molecule has 9 heteroatoms. The summed E-state index contributed by atoms with van der Waals surface area (Å²) in [6.45, 7) is 4.50. The molecule has 2 atom stereocenters. The first-order valence-electron chi connectivity index (χ1n) is 8.42. The van der Waals surface area contributed by atoms with E-state index in [1.807, 2.05) is 0 Å². The molecule has 0 N–H and O–H groups in total. The van der Waals surface area contributed by atoms with E-state index in [1.54, 1.807) is 0 Å². The van der Waals surface area contributed by atoms with Crippen LogP contribution in [0.4, 0.5) is 18.0 Å². The SMILES string of the molecule is C=CC(=O)N1C[C@@H](N2CCOC2=O)[C@H](OCc2cccc(C(F)(F)F)c2)C1. The first-order valence-corrected chi connectivity index (χ1v) is 8.42. The molecule has 2 fully saturated rings. The fourth-order valence-electron chi connectivity index (χ4n) is 3.28. The smallest absolute Gasteiger partial charge is 0.416 e. The van der Waals surface area contributed by atoms with Gasteiger partial charge in [-0.25, -0.2) is 4.79 Å². The Hall–Kier alpha value is -2.55. The van der Waals surface area contributed by atoms with Crippen LogP contribution < -0.4 is 0 Å². The number of halogens is 3. The maximum atomic E-state index is 12.8. The maximum absolute atomic E-state index is 12.8. The van der Waals surface area contributed by atoms with Gasteiger partial charge in [0.25, 0.3) is 0 Å². The van der Waals surface area contributed by atoms with Gasteiger partial charge in [0.05, 0.1) is 30.9 Å². The van der Waals surface area contributed by atoms with Crippen molar-refractivity contribution < 1.29 is 32.2 Å². The Labute approximate surface area is 154 Å². The highest BCUT2D eigenvalue weighted by atomic mass is 19.4. The third kappa shape index (κ3) is 4.24. The van der Waals surface area contributed by atoms with Crippen molar-refractivity contribution in [3.63, 3.8) is 0 Å². The van der Waals surface area contributed by atoms with Crippen LogP contribution in [0.15, 0.2) is 36.9 Å². The molecule has 6 nitrogen and oxygen atoms in total. The van der Waals surface area contributed by atoms with E-state index in [2.05, 4.69) is 6.58 Å². The lowest BCUT2D eigenvalue weighted by molar-refractivity contribution is -0.137. The van der Waals surface area contributed by atoms with Gasteiger partial charge in [-0.15, -0.1) is 0 Å². The van der Waals surface area contributed by atoms with E-state index < -0.39 is 30.0 Å². The van der Waals surface area contributed by atoms with Crippen LogP contribution >= 0.6 is 0 Å². The lowest BCUT2D eigenvalue weighted by Crippen LogP contribution is -2.44. The molecule has 0 saturated carbocycles. The number of likely N-dealkylation sites (tertiary alicyclic amines) is 1. The van der Waals surface area contributed by atoms with Crippen LogP contribution in [-0.4, -0.2) is 60.2 Å². The van der Waals surface area contributed by atoms with Gasteiger partial charge in [-0.2, -0.15) is 13.2 Å². The number of alkyl halides is 3. The summed E-state index contributed by atoms with van der Waals surface area (Å²) < 4.78 is 49.3. The first-order chi connectivity index (χ1) is 12.8. The Morgan fingerprint density at radius 3 is 2.78 bits per heavy atom. The summed E-state index contributed by atoms with van der Waals surface area (Å²) in [7, 11) is 0. The normalized spacial score (nSPS) is 22.9. The van der Waals surface area contributed by atoms with Gasteiger partial charge in [0.1, 0.15) is 6.61 Å². The standard InChI is InChI=1S/C18H19F3N2O4/c1-2-16(24)22-9-14(23-6-7-26-17(23)25)15(10-22)27-11-12-4-3-5-13(8-12)18(19,20)21/h2-5,8,14-15H,1,6-7,9-11H2/t14-,15-/m1/s1. The van der Waals surface area contributed by atoms with Gasteiger partial charge >= 0.3 is 12.3 Å². The number of hydrogen-bond acceptors (Lipinski definition) is 4. The van der Waals surface area contributed by atoms with Crippen LogP contribution in [0.3, 0.4) is 0 Å². The molecule has 2 saturated heterocycles. The van der Waals surface area contributed by atoms with E-state index in [0.29, 0.717) is 12.1 Å². The minimum Gasteiger partial charge on any atom is -0.448 e. The van der Waals surface area contributed by atoms with Crippen molar-refractivity contribution in [2.75, 3.05) is 26.2 Å². The van der Waals surface area contributed by atoms with Crippen LogP contribution in [0, 0.1) is 0 Å². The number of cyclic esters (lactones) is 1. The Morgan fingerprint density at radius 2 is 2.15 bits per heavy atom. The van der Waals surface area contributed by atoms with Crippen molar-refractivity contribution in [1.29, 1.82) is 0 Å². The van der Waals surface area contributed by atoms with Crippen LogP contribution in [0.25, 0.3) is 0 Å². The largest absolute Gasteiger partial charge is 0.448 e. The van der Waals surface area contributed by atoms with E-state index in [1.165, 1.54) is 28.0 Å². The molecule has 0 aliphatic carbocycles. The van der Waals surface area contributed by atoms with Crippen molar-refractivity contribution >= 4 is 12.0 Å². The average molecular weight is 384 g/mol. The second-order valence-corrected chi connectivity index (χ2v) is 6.37. The van der Waals surface area contributed by atoms with Crippen molar-refractivity contribution in [2.45, 2.75) is 24.9 Å². The van der Waals surface area contributed by atoms with Crippen LogP contribution in [-0.2, 0) is 27.1 Å². The molecule has 2 aliphatic heterocycles. The van der Waals surface area contributed by atoms with E-state index in [-0.39, 0.29) is 32.2 Å². The quantitative estimate of drug-likeness (QED) is 0.732. The van der Waals surface area contributed by atoms with Gasteiger partial charge in [-0.1, -0.05) is 18.7 Å². The van der Waals surface area contributed by atoms with Crippen molar-refractivity contribution in [1.82, 2.24) is 9.80 Å². The number of nitrogens with zero attached hydrogens (tertiary/aromatic N) is 2. The average Bonchev–Trinajstić information content (AvgIpc) is 3.24. The molecule has 3 rings (SSSR count). The third-order valence-electron chi connectivity index (χ3n) is 4.63. The summed E-state index contributed by atoms with van der Waals surface area (Å²) >= 11 is 0. The van der Waals surface area contributed by atoms with Gasteiger partial charge in [-0.05, 0) is 23.8 Å². The number of carbonyl (C=O) groups excluding carboxylic acids is 2. The maximum Gasteiger partial charge on any atom is 0.416 e. The number of amides is 2. The van der Waals surface area contributed by atoms with Crippen LogP contribution in [0.5, 0.6) is 0 Å². The summed E-state index contributed by atoms with van der Waals surface area (Å²) in [6, 6.07) is 4.46. The van der Waals surface area contributed by atoms with E-state index in [9.17, 15) is 22.8 Å². The van der Waals surface area contributed by atoms with Crippen LogP contribution in [0.2, 0.25) is 0 Å². The summed E-state index contributed by atoms with van der Waals surface area (Å²) in [5, 5.41) is 0. The highest BCUT2D eigenvalue weighted by Crippen LogP contribution is 2.30. The fourth-order valence-corrected chi connectivity index (χ4v) is 3.28. The number of carbonyl (C=O) groups is 2. The molecule has 0 aromatic heterocycles. The van der Waals surface area contributed by atoms with Crippen molar-refractivity contribution in [3.8, 4) is 0 Å². The zero-order chi connectivity index (χ0) is 19.6. The predicted octanol–water partition coefficient (Wildman–Crippen LogP) is 2.44. The highest BCUT2D eigenvalue weighted by Gasteiger charge is 2.43. The zero-order valence-corrected chi connectivity index (χ0v) is 14.4. The molecule has 0 unspecified atom stereocenters. The zero-order valence-electron chi connectivity index (χ0n) is 14.4. The lowest BCUT2D eigenvalue weighted by Gasteiger charge is -2.26. The van der Waals surface area contributed by atoms with Gasteiger partial charge in [0.15, 0.2) is 0 Å².